The van der Waals surface area contributed by atoms with Crippen molar-refractivity contribution in [2.24, 2.45) is 17.3 Å². The molecule has 1 N–H and O–H groups in total. The number of carbonyl (C=O) groups is 1. The highest BCUT2D eigenvalue weighted by Crippen LogP contribution is 2.62. The van der Waals surface area contributed by atoms with Gasteiger partial charge in [0.1, 0.15) is 11.6 Å². The third kappa shape index (κ3) is 4.14. The molecule has 2 heterocycles. The van der Waals surface area contributed by atoms with Gasteiger partial charge < -0.3 is 5.32 Å². The van der Waals surface area contributed by atoms with Crippen LogP contribution >= 0.6 is 11.6 Å². The van der Waals surface area contributed by atoms with E-state index in [-0.39, 0.29) is 23.2 Å². The molecule has 158 valence electrons. The van der Waals surface area contributed by atoms with E-state index in [0.29, 0.717) is 29.6 Å². The fourth-order valence-corrected chi connectivity index (χ4v) is 4.39. The highest BCUT2D eigenvalue weighted by Gasteiger charge is 2.60. The fourth-order valence-electron chi connectivity index (χ4n) is 4.28. The molecule has 2 aromatic rings. The minimum atomic E-state index is -2.70. The van der Waals surface area contributed by atoms with E-state index < -0.39 is 12.2 Å². The standard InChI is InChI=1S/C21H22ClF2N5O/c1-13-26-19(18(23)24)28-29(13)10-9-21(14-5-3-2-4-6-14)11-16(21)20(30)27-17-8-7-15(22)12-25-17/h2-5,7-8,12,14,16,18H,6,9-11H2,1H3,(H,25,27,30)/t14?,16-,21-/m0/s1. The van der Waals surface area contributed by atoms with Gasteiger partial charge in [-0.3, -0.25) is 4.79 Å². The number of hydrogen-bond acceptors (Lipinski definition) is 4. The van der Waals surface area contributed by atoms with E-state index in [0.717, 1.165) is 12.8 Å². The second-order valence-corrected chi connectivity index (χ2v) is 8.22. The number of pyridine rings is 1. The molecule has 0 bridgehead atoms. The lowest BCUT2D eigenvalue weighted by Gasteiger charge is -2.26. The van der Waals surface area contributed by atoms with Gasteiger partial charge in [0.2, 0.25) is 11.7 Å². The molecule has 6 nitrogen and oxygen atoms in total. The Bertz CT molecular complexity index is 988. The predicted octanol–water partition coefficient (Wildman–Crippen LogP) is 4.74. The SMILES string of the molecule is Cc1nc(C(F)F)nn1CC[C@@]1(C2C=CC=CC2)C[C@H]1C(=O)Nc1ccc(Cl)cn1. The summed E-state index contributed by atoms with van der Waals surface area (Å²) in [6.45, 7) is 2.10. The minimum Gasteiger partial charge on any atom is -0.310 e. The van der Waals surface area contributed by atoms with E-state index in [4.69, 9.17) is 11.6 Å². The molecule has 2 aliphatic rings. The number of carbonyl (C=O) groups excluding carboxylic acids is 1. The molecule has 1 unspecified atom stereocenters. The molecule has 9 heteroatoms. The van der Waals surface area contributed by atoms with Crippen LogP contribution in [0.2, 0.25) is 5.02 Å². The average molecular weight is 434 g/mol. The maximum Gasteiger partial charge on any atom is 0.299 e. The first-order chi connectivity index (χ1) is 14.4. The summed E-state index contributed by atoms with van der Waals surface area (Å²) < 4.78 is 27.3. The van der Waals surface area contributed by atoms with E-state index in [1.54, 1.807) is 19.1 Å². The Labute approximate surface area is 178 Å². The second kappa shape index (κ2) is 8.26. The molecule has 0 aromatic carbocycles. The van der Waals surface area contributed by atoms with Crippen LogP contribution in [-0.4, -0.2) is 25.7 Å². The Morgan fingerprint density at radius 3 is 2.87 bits per heavy atom. The first-order valence-electron chi connectivity index (χ1n) is 9.84. The van der Waals surface area contributed by atoms with Gasteiger partial charge in [-0.25, -0.2) is 23.4 Å². The summed E-state index contributed by atoms with van der Waals surface area (Å²) in [6.07, 6.45) is 9.23. The highest BCUT2D eigenvalue weighted by atomic mass is 35.5. The number of alkyl halides is 2. The molecular weight excluding hydrogens is 412 g/mol. The summed E-state index contributed by atoms with van der Waals surface area (Å²) in [5.74, 6) is 0.381. The molecule has 0 radical (unpaired) electrons. The summed E-state index contributed by atoms with van der Waals surface area (Å²) in [5.41, 5.74) is -0.249. The smallest absolute Gasteiger partial charge is 0.299 e. The largest absolute Gasteiger partial charge is 0.310 e. The van der Waals surface area contributed by atoms with Crippen LogP contribution in [0.4, 0.5) is 14.6 Å². The highest BCUT2D eigenvalue weighted by molar-refractivity contribution is 6.30. The number of halogens is 3. The molecule has 1 amide bonds. The Morgan fingerprint density at radius 1 is 1.40 bits per heavy atom. The molecule has 0 aliphatic heterocycles. The van der Waals surface area contributed by atoms with E-state index in [1.165, 1.54) is 10.9 Å². The third-order valence-corrected chi connectivity index (χ3v) is 6.21. The van der Waals surface area contributed by atoms with Gasteiger partial charge in [-0.1, -0.05) is 35.9 Å². The zero-order chi connectivity index (χ0) is 21.3. The van der Waals surface area contributed by atoms with Crippen molar-refractivity contribution in [1.82, 2.24) is 19.7 Å². The third-order valence-electron chi connectivity index (χ3n) is 5.99. The Morgan fingerprint density at radius 2 is 2.23 bits per heavy atom. The number of nitrogens with zero attached hydrogens (tertiary/aromatic N) is 4. The number of hydrogen-bond donors (Lipinski definition) is 1. The zero-order valence-corrected chi connectivity index (χ0v) is 17.2. The van der Waals surface area contributed by atoms with Crippen LogP contribution in [0.1, 0.15) is 37.3 Å². The average Bonchev–Trinajstić information content (AvgIpc) is 3.37. The van der Waals surface area contributed by atoms with Crippen molar-refractivity contribution in [3.05, 3.63) is 59.3 Å². The quantitative estimate of drug-likeness (QED) is 0.684. The van der Waals surface area contributed by atoms with E-state index in [2.05, 4.69) is 32.5 Å². The fraction of sp³-hybridized carbons (Fsp3) is 0.429. The molecule has 30 heavy (non-hydrogen) atoms. The van der Waals surface area contributed by atoms with Crippen molar-refractivity contribution in [2.45, 2.75) is 39.2 Å². The second-order valence-electron chi connectivity index (χ2n) is 7.79. The molecule has 1 fully saturated rings. The summed E-state index contributed by atoms with van der Waals surface area (Å²) in [5, 5.41) is 7.30. The van der Waals surface area contributed by atoms with E-state index in [1.807, 2.05) is 12.2 Å². The van der Waals surface area contributed by atoms with Crippen LogP contribution < -0.4 is 5.32 Å². The Kier molecular flexibility index (Phi) is 5.69. The lowest BCUT2D eigenvalue weighted by molar-refractivity contribution is -0.118. The molecule has 4 rings (SSSR count). The minimum absolute atomic E-state index is 0.0867. The van der Waals surface area contributed by atoms with Gasteiger partial charge in [-0.05, 0) is 49.7 Å². The first-order valence-corrected chi connectivity index (χ1v) is 10.2. The summed E-state index contributed by atoms with van der Waals surface area (Å²) in [4.78, 5) is 20.9. The van der Waals surface area contributed by atoms with Gasteiger partial charge in [-0.15, -0.1) is 5.10 Å². The van der Waals surface area contributed by atoms with Crippen LogP contribution in [0.15, 0.2) is 42.6 Å². The van der Waals surface area contributed by atoms with Gasteiger partial charge in [0.05, 0.1) is 5.02 Å². The summed E-state index contributed by atoms with van der Waals surface area (Å²) in [6, 6.07) is 3.34. The molecule has 1 saturated carbocycles. The number of nitrogens with one attached hydrogen (secondary N) is 1. The molecule has 3 atom stereocenters. The molecule has 2 aliphatic carbocycles. The predicted molar refractivity (Wildman–Crippen MR) is 109 cm³/mol. The Balaban J connectivity index is 1.49. The topological polar surface area (TPSA) is 72.7 Å². The lowest BCUT2D eigenvalue weighted by atomic mass is 9.79. The van der Waals surface area contributed by atoms with Crippen molar-refractivity contribution in [2.75, 3.05) is 5.32 Å². The maximum atomic E-state index is 12.9. The van der Waals surface area contributed by atoms with Crippen LogP contribution in [-0.2, 0) is 11.3 Å². The zero-order valence-electron chi connectivity index (χ0n) is 16.4. The normalized spacial score (nSPS) is 25.0. The van der Waals surface area contributed by atoms with Gasteiger partial charge in [-0.2, -0.15) is 0 Å². The van der Waals surface area contributed by atoms with Gasteiger partial charge in [0, 0.05) is 18.7 Å². The van der Waals surface area contributed by atoms with Crippen molar-refractivity contribution >= 4 is 23.3 Å². The Hall–Kier alpha value is -2.61. The number of aryl methyl sites for hydroxylation is 2. The van der Waals surface area contributed by atoms with Crippen molar-refractivity contribution in [3.8, 4) is 0 Å². The number of anilines is 1. The van der Waals surface area contributed by atoms with Crippen molar-refractivity contribution in [1.29, 1.82) is 0 Å². The maximum absolute atomic E-state index is 12.9. The van der Waals surface area contributed by atoms with Gasteiger partial charge in [0.15, 0.2) is 0 Å². The van der Waals surface area contributed by atoms with Crippen LogP contribution in [0.25, 0.3) is 0 Å². The number of rotatable bonds is 7. The van der Waals surface area contributed by atoms with Crippen molar-refractivity contribution < 1.29 is 13.6 Å². The summed E-state index contributed by atoms with van der Waals surface area (Å²) in [7, 11) is 0. The van der Waals surface area contributed by atoms with Crippen LogP contribution in [0.3, 0.4) is 0 Å². The lowest BCUT2D eigenvalue weighted by Crippen LogP contribution is -2.26. The molecular formula is C21H22ClF2N5O. The molecule has 2 aromatic heterocycles. The van der Waals surface area contributed by atoms with Gasteiger partial charge in [0.25, 0.3) is 6.43 Å². The number of amides is 1. The van der Waals surface area contributed by atoms with Gasteiger partial charge >= 0.3 is 0 Å². The van der Waals surface area contributed by atoms with Crippen LogP contribution in [0.5, 0.6) is 0 Å². The molecule has 0 saturated heterocycles. The molecule has 0 spiro atoms. The number of aromatic nitrogens is 4. The first kappa shape index (κ1) is 20.7. The van der Waals surface area contributed by atoms with Crippen LogP contribution in [0, 0.1) is 24.2 Å². The van der Waals surface area contributed by atoms with E-state index in [9.17, 15) is 13.6 Å². The summed E-state index contributed by atoms with van der Waals surface area (Å²) >= 11 is 5.85. The number of allylic oxidation sites excluding steroid dienone is 4. The monoisotopic (exact) mass is 433 g/mol. The van der Waals surface area contributed by atoms with Crippen molar-refractivity contribution in [3.63, 3.8) is 0 Å². The van der Waals surface area contributed by atoms with E-state index >= 15 is 0 Å².